The Labute approximate surface area is 155 Å². The first-order valence-electron chi connectivity index (χ1n) is 8.88. The van der Waals surface area contributed by atoms with Crippen LogP contribution < -0.4 is 4.90 Å². The molecule has 4 aromatic carbocycles. The molecule has 0 amide bonds. The molecular formula is C25H21N. The van der Waals surface area contributed by atoms with Crippen LogP contribution in [0, 0.1) is 6.92 Å². The van der Waals surface area contributed by atoms with Gasteiger partial charge in [0.05, 0.1) is 0 Å². The van der Waals surface area contributed by atoms with Crippen LogP contribution in [0.5, 0.6) is 0 Å². The SMILES string of the molecule is Cc1cccc(N(c2ccccc2)c2ccc(-c3ccccc3)cc2)c1. The van der Waals surface area contributed by atoms with E-state index in [4.69, 9.17) is 0 Å². The zero-order valence-electron chi connectivity index (χ0n) is 14.8. The molecule has 0 fully saturated rings. The van der Waals surface area contributed by atoms with Gasteiger partial charge in [-0.05, 0) is 60.0 Å². The molecule has 26 heavy (non-hydrogen) atoms. The zero-order chi connectivity index (χ0) is 17.8. The van der Waals surface area contributed by atoms with Crippen LogP contribution in [-0.4, -0.2) is 0 Å². The molecule has 0 atom stereocenters. The molecule has 0 N–H and O–H groups in total. The summed E-state index contributed by atoms with van der Waals surface area (Å²) in [5.41, 5.74) is 7.20. The first-order chi connectivity index (χ1) is 12.8. The molecule has 4 aromatic rings. The van der Waals surface area contributed by atoms with Crippen molar-refractivity contribution in [2.45, 2.75) is 6.92 Å². The molecular weight excluding hydrogens is 314 g/mol. The second-order valence-corrected chi connectivity index (χ2v) is 6.42. The topological polar surface area (TPSA) is 3.24 Å². The van der Waals surface area contributed by atoms with Gasteiger partial charge in [0.1, 0.15) is 0 Å². The first-order valence-corrected chi connectivity index (χ1v) is 8.88. The van der Waals surface area contributed by atoms with E-state index in [2.05, 4.69) is 115 Å². The molecule has 4 rings (SSSR count). The largest absolute Gasteiger partial charge is 0.310 e. The maximum Gasteiger partial charge on any atom is 0.0464 e. The van der Waals surface area contributed by atoms with Gasteiger partial charge in [-0.2, -0.15) is 0 Å². The third-order valence-electron chi connectivity index (χ3n) is 4.51. The van der Waals surface area contributed by atoms with Gasteiger partial charge in [0, 0.05) is 17.1 Å². The Hall–Kier alpha value is -3.32. The lowest BCUT2D eigenvalue weighted by molar-refractivity contribution is 1.27. The van der Waals surface area contributed by atoms with Crippen LogP contribution in [0.1, 0.15) is 5.56 Å². The fourth-order valence-corrected chi connectivity index (χ4v) is 3.22. The lowest BCUT2D eigenvalue weighted by Gasteiger charge is -2.26. The maximum absolute atomic E-state index is 2.29. The number of nitrogens with zero attached hydrogens (tertiary/aromatic N) is 1. The average Bonchev–Trinajstić information content (AvgIpc) is 2.70. The number of hydrogen-bond acceptors (Lipinski definition) is 1. The van der Waals surface area contributed by atoms with Crippen LogP contribution in [0.4, 0.5) is 17.1 Å². The number of para-hydroxylation sites is 1. The molecule has 0 aromatic heterocycles. The third-order valence-corrected chi connectivity index (χ3v) is 4.51. The highest BCUT2D eigenvalue weighted by atomic mass is 15.1. The fraction of sp³-hybridized carbons (Fsp3) is 0.0400. The van der Waals surface area contributed by atoms with Gasteiger partial charge in [-0.25, -0.2) is 0 Å². The van der Waals surface area contributed by atoms with Crippen LogP contribution >= 0.6 is 0 Å². The van der Waals surface area contributed by atoms with E-state index in [1.165, 1.54) is 22.4 Å². The number of benzene rings is 4. The number of aryl methyl sites for hydroxylation is 1. The Morgan fingerprint density at radius 1 is 0.462 bits per heavy atom. The van der Waals surface area contributed by atoms with Crippen molar-refractivity contribution < 1.29 is 0 Å². The summed E-state index contributed by atoms with van der Waals surface area (Å²) in [6.45, 7) is 2.13. The monoisotopic (exact) mass is 335 g/mol. The molecule has 1 nitrogen and oxygen atoms in total. The first kappa shape index (κ1) is 16.2. The standard InChI is InChI=1S/C25H21N/c1-20-9-8-14-25(19-20)26(23-12-6-3-7-13-23)24-17-15-22(16-18-24)21-10-4-2-5-11-21/h2-19H,1H3. The van der Waals surface area contributed by atoms with Crippen LogP contribution in [0.2, 0.25) is 0 Å². The van der Waals surface area contributed by atoms with Gasteiger partial charge in [-0.3, -0.25) is 0 Å². The van der Waals surface area contributed by atoms with Crippen molar-refractivity contribution in [3.05, 3.63) is 115 Å². The molecule has 0 aliphatic carbocycles. The third kappa shape index (κ3) is 3.38. The molecule has 0 spiro atoms. The lowest BCUT2D eigenvalue weighted by Crippen LogP contribution is -2.09. The summed E-state index contributed by atoms with van der Waals surface area (Å²) in [4.78, 5) is 2.29. The van der Waals surface area contributed by atoms with E-state index < -0.39 is 0 Å². The number of rotatable bonds is 4. The van der Waals surface area contributed by atoms with Gasteiger partial charge in [-0.1, -0.05) is 72.8 Å². The lowest BCUT2D eigenvalue weighted by atomic mass is 10.0. The van der Waals surface area contributed by atoms with Gasteiger partial charge >= 0.3 is 0 Å². The van der Waals surface area contributed by atoms with Crippen molar-refractivity contribution in [1.82, 2.24) is 0 Å². The predicted octanol–water partition coefficient (Wildman–Crippen LogP) is 7.13. The van der Waals surface area contributed by atoms with Gasteiger partial charge in [0.15, 0.2) is 0 Å². The van der Waals surface area contributed by atoms with E-state index in [-0.39, 0.29) is 0 Å². The van der Waals surface area contributed by atoms with E-state index in [1.807, 2.05) is 6.07 Å². The number of anilines is 3. The Kier molecular flexibility index (Phi) is 4.53. The fourth-order valence-electron chi connectivity index (χ4n) is 3.22. The second-order valence-electron chi connectivity index (χ2n) is 6.42. The Morgan fingerprint density at radius 2 is 1.00 bits per heavy atom. The summed E-state index contributed by atoms with van der Waals surface area (Å²) < 4.78 is 0. The Morgan fingerprint density at radius 3 is 1.65 bits per heavy atom. The van der Waals surface area contributed by atoms with Crippen molar-refractivity contribution in [3.63, 3.8) is 0 Å². The molecule has 0 heterocycles. The van der Waals surface area contributed by atoms with Crippen LogP contribution in [0.3, 0.4) is 0 Å². The molecule has 1 heteroatoms. The summed E-state index contributed by atoms with van der Waals surface area (Å²) in [5.74, 6) is 0. The molecule has 0 saturated carbocycles. The minimum Gasteiger partial charge on any atom is -0.310 e. The Bertz CT molecular complexity index is 973. The van der Waals surface area contributed by atoms with Crippen LogP contribution in [0.25, 0.3) is 11.1 Å². The maximum atomic E-state index is 2.29. The summed E-state index contributed by atoms with van der Waals surface area (Å²) in [5, 5.41) is 0. The van der Waals surface area contributed by atoms with Crippen LogP contribution in [0.15, 0.2) is 109 Å². The van der Waals surface area contributed by atoms with E-state index in [9.17, 15) is 0 Å². The summed E-state index contributed by atoms with van der Waals surface area (Å²) in [7, 11) is 0. The van der Waals surface area contributed by atoms with E-state index in [0.717, 1.165) is 11.4 Å². The Balaban J connectivity index is 1.77. The van der Waals surface area contributed by atoms with Crippen molar-refractivity contribution in [2.75, 3.05) is 4.90 Å². The smallest absolute Gasteiger partial charge is 0.0464 e. The summed E-state index contributed by atoms with van der Waals surface area (Å²) in [6.07, 6.45) is 0. The van der Waals surface area contributed by atoms with Gasteiger partial charge in [0.25, 0.3) is 0 Å². The normalized spacial score (nSPS) is 10.5. The van der Waals surface area contributed by atoms with E-state index in [0.29, 0.717) is 0 Å². The quantitative estimate of drug-likeness (QED) is 0.383. The molecule has 126 valence electrons. The molecule has 0 unspecified atom stereocenters. The zero-order valence-corrected chi connectivity index (χ0v) is 14.8. The van der Waals surface area contributed by atoms with Crippen molar-refractivity contribution in [1.29, 1.82) is 0 Å². The second kappa shape index (κ2) is 7.28. The molecule has 0 aliphatic rings. The van der Waals surface area contributed by atoms with Gasteiger partial charge in [-0.15, -0.1) is 0 Å². The molecule has 0 saturated heterocycles. The van der Waals surface area contributed by atoms with Crippen LogP contribution in [-0.2, 0) is 0 Å². The highest BCUT2D eigenvalue weighted by molar-refractivity contribution is 5.78. The molecule has 0 radical (unpaired) electrons. The van der Waals surface area contributed by atoms with Crippen molar-refractivity contribution in [2.24, 2.45) is 0 Å². The molecule has 0 bridgehead atoms. The average molecular weight is 335 g/mol. The molecule has 0 aliphatic heterocycles. The van der Waals surface area contributed by atoms with Gasteiger partial charge < -0.3 is 4.90 Å². The van der Waals surface area contributed by atoms with Crippen molar-refractivity contribution in [3.8, 4) is 11.1 Å². The predicted molar refractivity (Wildman–Crippen MR) is 111 cm³/mol. The highest BCUT2D eigenvalue weighted by Crippen LogP contribution is 2.35. The number of hydrogen-bond donors (Lipinski definition) is 0. The summed E-state index contributed by atoms with van der Waals surface area (Å²) >= 11 is 0. The minimum absolute atomic E-state index is 1.15. The summed E-state index contributed by atoms with van der Waals surface area (Å²) in [6, 6.07) is 38.4. The van der Waals surface area contributed by atoms with Crippen molar-refractivity contribution >= 4 is 17.1 Å². The van der Waals surface area contributed by atoms with E-state index >= 15 is 0 Å². The van der Waals surface area contributed by atoms with Gasteiger partial charge in [0.2, 0.25) is 0 Å². The highest BCUT2D eigenvalue weighted by Gasteiger charge is 2.12. The minimum atomic E-state index is 1.15. The van der Waals surface area contributed by atoms with E-state index in [1.54, 1.807) is 0 Å².